The average molecular weight is 309 g/mol. The maximum Gasteiger partial charge on any atom is 0.509 e. The molecule has 0 unspecified atom stereocenters. The fraction of sp³-hybridized carbons (Fsp3) is 0.133. The molecule has 116 valence electrons. The van der Waals surface area contributed by atoms with Crippen molar-refractivity contribution in [3.63, 3.8) is 0 Å². The van der Waals surface area contributed by atoms with E-state index in [4.69, 9.17) is 9.47 Å². The first-order valence-electron chi connectivity index (χ1n) is 6.44. The molecule has 0 radical (unpaired) electrons. The van der Waals surface area contributed by atoms with Crippen molar-refractivity contribution in [2.45, 2.75) is 0 Å². The Morgan fingerprint density at radius 1 is 0.955 bits per heavy atom. The van der Waals surface area contributed by atoms with E-state index in [0.29, 0.717) is 5.75 Å². The second kappa shape index (κ2) is 6.13. The lowest BCUT2D eigenvalue weighted by molar-refractivity contribution is 0.103. The standard InChI is InChI=1S/C15H13BF3O3/c1-21-13-5-3-4-12(15(13)22-2)14(20)10-6-8-11(9-7-10)16(17,18)19/h3-9H,1-2H3/q-1. The molecule has 0 atom stereocenters. The molecule has 0 amide bonds. The van der Waals surface area contributed by atoms with Crippen molar-refractivity contribution < 1.29 is 27.2 Å². The number of carbonyl (C=O) groups excluding carboxylic acids is 1. The summed E-state index contributed by atoms with van der Waals surface area (Å²) in [7, 11) is 2.83. The minimum absolute atomic E-state index is 0.148. The van der Waals surface area contributed by atoms with E-state index in [1.54, 1.807) is 12.1 Å². The van der Waals surface area contributed by atoms with Crippen LogP contribution in [0.3, 0.4) is 0 Å². The first kappa shape index (κ1) is 15.9. The van der Waals surface area contributed by atoms with Gasteiger partial charge in [0, 0.05) is 5.56 Å². The molecule has 0 aliphatic rings. The summed E-state index contributed by atoms with van der Waals surface area (Å²) >= 11 is 0. The van der Waals surface area contributed by atoms with Gasteiger partial charge in [-0.05, 0) is 12.1 Å². The van der Waals surface area contributed by atoms with Gasteiger partial charge in [-0.2, -0.15) is 0 Å². The molecule has 7 heteroatoms. The quantitative estimate of drug-likeness (QED) is 0.629. The Morgan fingerprint density at radius 2 is 1.59 bits per heavy atom. The predicted octanol–water partition coefficient (Wildman–Crippen LogP) is 2.99. The Labute approximate surface area is 125 Å². The highest BCUT2D eigenvalue weighted by Crippen LogP contribution is 2.32. The fourth-order valence-electron chi connectivity index (χ4n) is 2.07. The van der Waals surface area contributed by atoms with Crippen molar-refractivity contribution in [2.75, 3.05) is 14.2 Å². The zero-order valence-electron chi connectivity index (χ0n) is 12.0. The van der Waals surface area contributed by atoms with Crippen LogP contribution in [0.4, 0.5) is 12.9 Å². The second-order valence-electron chi connectivity index (χ2n) is 4.57. The maximum absolute atomic E-state index is 12.6. The SMILES string of the molecule is COc1cccc(C(=O)c2ccc([B-](F)(F)F)cc2)c1OC. The Kier molecular flexibility index (Phi) is 4.44. The lowest BCUT2D eigenvalue weighted by Gasteiger charge is -2.15. The molecule has 0 N–H and O–H groups in total. The van der Waals surface area contributed by atoms with E-state index in [2.05, 4.69) is 0 Å². The van der Waals surface area contributed by atoms with Gasteiger partial charge >= 0.3 is 6.98 Å². The number of benzene rings is 2. The van der Waals surface area contributed by atoms with Crippen molar-refractivity contribution in [1.29, 1.82) is 0 Å². The average Bonchev–Trinajstić information content (AvgIpc) is 2.52. The second-order valence-corrected chi connectivity index (χ2v) is 4.57. The van der Waals surface area contributed by atoms with Gasteiger partial charge in [-0.1, -0.05) is 30.3 Å². The molecular formula is C15H13BF3O3-. The van der Waals surface area contributed by atoms with Gasteiger partial charge in [-0.25, -0.2) is 0 Å². The summed E-state index contributed by atoms with van der Waals surface area (Å²) in [5, 5.41) is 0. The largest absolute Gasteiger partial charge is 0.509 e. The molecule has 0 bridgehead atoms. The third kappa shape index (κ3) is 3.08. The van der Waals surface area contributed by atoms with E-state index in [1.807, 2.05) is 0 Å². The first-order valence-corrected chi connectivity index (χ1v) is 6.44. The van der Waals surface area contributed by atoms with Crippen LogP contribution in [-0.4, -0.2) is 27.0 Å². The Bertz CT molecular complexity index is 681. The number of ketones is 1. The summed E-state index contributed by atoms with van der Waals surface area (Å²) < 4.78 is 48.1. The lowest BCUT2D eigenvalue weighted by Crippen LogP contribution is -2.33. The summed E-state index contributed by atoms with van der Waals surface area (Å²) in [6, 6.07) is 8.90. The smallest absolute Gasteiger partial charge is 0.493 e. The van der Waals surface area contributed by atoms with Gasteiger partial charge in [-0.3, -0.25) is 4.79 Å². The molecule has 2 aromatic carbocycles. The minimum Gasteiger partial charge on any atom is -0.493 e. The summed E-state index contributed by atoms with van der Waals surface area (Å²) in [6.45, 7) is -5.08. The molecule has 2 rings (SSSR count). The molecule has 0 saturated carbocycles. The topological polar surface area (TPSA) is 35.5 Å². The van der Waals surface area contributed by atoms with Crippen molar-refractivity contribution >= 4 is 18.2 Å². The van der Waals surface area contributed by atoms with Crippen LogP contribution in [0.15, 0.2) is 42.5 Å². The number of halogens is 3. The highest BCUT2D eigenvalue weighted by Gasteiger charge is 2.25. The van der Waals surface area contributed by atoms with E-state index in [1.165, 1.54) is 20.3 Å². The number of ether oxygens (including phenoxy) is 2. The number of methoxy groups -OCH3 is 2. The van der Waals surface area contributed by atoms with Crippen LogP contribution >= 0.6 is 0 Å². The number of carbonyl (C=O) groups is 1. The molecule has 0 heterocycles. The van der Waals surface area contributed by atoms with Crippen LogP contribution in [0, 0.1) is 0 Å². The van der Waals surface area contributed by atoms with E-state index >= 15 is 0 Å². The summed E-state index contributed by atoms with van der Waals surface area (Å²) in [6.07, 6.45) is 0. The van der Waals surface area contributed by atoms with Gasteiger partial charge in [0.05, 0.1) is 19.8 Å². The number of para-hydroxylation sites is 1. The van der Waals surface area contributed by atoms with Gasteiger partial charge in [0.25, 0.3) is 0 Å². The molecule has 22 heavy (non-hydrogen) atoms. The number of hydrogen-bond acceptors (Lipinski definition) is 3. The maximum atomic E-state index is 12.6. The number of rotatable bonds is 5. The molecule has 0 aromatic heterocycles. The zero-order chi connectivity index (χ0) is 16.3. The Balaban J connectivity index is 2.40. The third-order valence-electron chi connectivity index (χ3n) is 3.20. The fourth-order valence-corrected chi connectivity index (χ4v) is 2.07. The normalized spacial score (nSPS) is 11.1. The Morgan fingerprint density at radius 3 is 2.09 bits per heavy atom. The van der Waals surface area contributed by atoms with E-state index in [0.717, 1.165) is 24.3 Å². The summed E-state index contributed by atoms with van der Waals surface area (Å²) in [5.74, 6) is 0.194. The van der Waals surface area contributed by atoms with Crippen molar-refractivity contribution in [2.24, 2.45) is 0 Å². The van der Waals surface area contributed by atoms with Gasteiger partial charge in [0.15, 0.2) is 17.3 Å². The Hall–Kier alpha value is -2.44. The molecule has 0 fully saturated rings. The number of hydrogen-bond donors (Lipinski definition) is 0. The van der Waals surface area contributed by atoms with Gasteiger partial charge < -0.3 is 22.4 Å². The minimum atomic E-state index is -5.08. The van der Waals surface area contributed by atoms with Crippen molar-refractivity contribution in [3.8, 4) is 11.5 Å². The van der Waals surface area contributed by atoms with Crippen LogP contribution in [0.5, 0.6) is 11.5 Å². The van der Waals surface area contributed by atoms with Gasteiger partial charge in [0.1, 0.15) is 0 Å². The molecule has 0 saturated heterocycles. The predicted molar refractivity (Wildman–Crippen MR) is 78.1 cm³/mol. The first-order chi connectivity index (χ1) is 10.4. The summed E-state index contributed by atoms with van der Waals surface area (Å²) in [4.78, 5) is 12.4. The van der Waals surface area contributed by atoms with Crippen LogP contribution in [0.2, 0.25) is 0 Å². The van der Waals surface area contributed by atoms with E-state index < -0.39 is 18.2 Å². The van der Waals surface area contributed by atoms with Crippen LogP contribution in [0.25, 0.3) is 0 Å². The van der Waals surface area contributed by atoms with Crippen LogP contribution in [-0.2, 0) is 0 Å². The summed E-state index contributed by atoms with van der Waals surface area (Å²) in [5.41, 5.74) is -0.364. The van der Waals surface area contributed by atoms with Crippen molar-refractivity contribution in [1.82, 2.24) is 0 Å². The molecule has 2 aromatic rings. The van der Waals surface area contributed by atoms with Gasteiger partial charge in [-0.15, -0.1) is 5.46 Å². The van der Waals surface area contributed by atoms with Crippen LogP contribution < -0.4 is 14.9 Å². The monoisotopic (exact) mass is 309 g/mol. The molecule has 0 aliphatic carbocycles. The van der Waals surface area contributed by atoms with Crippen LogP contribution in [0.1, 0.15) is 15.9 Å². The van der Waals surface area contributed by atoms with E-state index in [-0.39, 0.29) is 16.9 Å². The zero-order valence-corrected chi connectivity index (χ0v) is 12.0. The van der Waals surface area contributed by atoms with Gasteiger partial charge in [0.2, 0.25) is 0 Å². The molecule has 0 spiro atoms. The highest BCUT2D eigenvalue weighted by molar-refractivity contribution is 6.73. The molecule has 3 nitrogen and oxygen atoms in total. The third-order valence-corrected chi connectivity index (χ3v) is 3.20. The molecule has 0 aliphatic heterocycles. The molecular weight excluding hydrogens is 296 g/mol. The van der Waals surface area contributed by atoms with Crippen molar-refractivity contribution in [3.05, 3.63) is 53.6 Å². The lowest BCUT2D eigenvalue weighted by atomic mass is 9.79. The highest BCUT2D eigenvalue weighted by atomic mass is 19.4. The van der Waals surface area contributed by atoms with E-state index in [9.17, 15) is 17.7 Å².